The highest BCUT2D eigenvalue weighted by atomic mass is 31.1. The molecule has 180 valence electrons. The van der Waals surface area contributed by atoms with Gasteiger partial charge >= 0.3 is 5.97 Å². The third-order valence-electron chi connectivity index (χ3n) is 5.50. The van der Waals surface area contributed by atoms with E-state index in [1.807, 2.05) is 44.2 Å². The summed E-state index contributed by atoms with van der Waals surface area (Å²) in [6, 6.07) is 17.0. The summed E-state index contributed by atoms with van der Waals surface area (Å²) in [6.07, 6.45) is -1.90. The summed E-state index contributed by atoms with van der Waals surface area (Å²) in [7, 11) is -3.37. The van der Waals surface area contributed by atoms with E-state index in [1.54, 1.807) is 25.1 Å². The molecule has 0 radical (unpaired) electrons. The number of benzene rings is 2. The van der Waals surface area contributed by atoms with Crippen LogP contribution in [0.25, 0.3) is 22.4 Å². The first kappa shape index (κ1) is 25.8. The van der Waals surface area contributed by atoms with E-state index < -0.39 is 38.0 Å². The number of ether oxygens (including phenoxy) is 1. The Morgan fingerprint density at radius 3 is 2.29 bits per heavy atom. The molecule has 3 rings (SSSR count). The molecule has 0 saturated heterocycles. The maximum Gasteiger partial charge on any atom is 0.308 e. The molecule has 3 unspecified atom stereocenters. The van der Waals surface area contributed by atoms with Crippen molar-refractivity contribution in [2.24, 2.45) is 0 Å². The Morgan fingerprint density at radius 1 is 1.09 bits per heavy atom. The van der Waals surface area contributed by atoms with Crippen LogP contribution in [0, 0.1) is 5.82 Å². The van der Waals surface area contributed by atoms with Crippen LogP contribution >= 0.6 is 8.03 Å². The highest BCUT2D eigenvalue weighted by molar-refractivity contribution is 7.38. The lowest BCUT2D eigenvalue weighted by Crippen LogP contribution is -2.23. The normalized spacial score (nSPS) is 14.0. The second-order valence-electron chi connectivity index (χ2n) is 8.27. The average molecular weight is 485 g/mol. The van der Waals surface area contributed by atoms with Gasteiger partial charge in [0.2, 0.25) is 0 Å². The molecule has 0 bridgehead atoms. The summed E-state index contributed by atoms with van der Waals surface area (Å²) >= 11 is 0. The van der Waals surface area contributed by atoms with E-state index in [0.717, 1.165) is 5.56 Å². The molecule has 3 atom stereocenters. The summed E-state index contributed by atoms with van der Waals surface area (Å²) in [5.74, 6) is -1.25. The Balaban J connectivity index is 2.29. The second kappa shape index (κ2) is 11.5. The molecule has 2 aromatic carbocycles. The number of hydrogen-bond donors (Lipinski definition) is 2. The van der Waals surface area contributed by atoms with Gasteiger partial charge in [0, 0.05) is 11.3 Å². The molecular formula is C26H29FNO5P. The lowest BCUT2D eigenvalue weighted by Gasteiger charge is -2.27. The molecule has 3 aromatic rings. The van der Waals surface area contributed by atoms with Crippen LogP contribution in [0.15, 0.2) is 60.7 Å². The van der Waals surface area contributed by atoms with Crippen molar-refractivity contribution >= 4 is 14.0 Å². The van der Waals surface area contributed by atoms with Gasteiger partial charge in [-0.3, -0.25) is 14.3 Å². The Labute approximate surface area is 199 Å². The van der Waals surface area contributed by atoms with Crippen molar-refractivity contribution in [2.45, 2.75) is 44.9 Å². The van der Waals surface area contributed by atoms with Crippen LogP contribution in [0.1, 0.15) is 50.0 Å². The fourth-order valence-electron chi connectivity index (χ4n) is 3.96. The lowest BCUT2D eigenvalue weighted by molar-refractivity contribution is -0.145. The van der Waals surface area contributed by atoms with Crippen LogP contribution in [-0.2, 0) is 14.1 Å². The van der Waals surface area contributed by atoms with E-state index in [4.69, 9.17) is 9.72 Å². The van der Waals surface area contributed by atoms with Gasteiger partial charge in [0.15, 0.2) is 8.03 Å². The van der Waals surface area contributed by atoms with Crippen LogP contribution in [0.3, 0.4) is 0 Å². The second-order valence-corrected chi connectivity index (χ2v) is 9.57. The number of esters is 1. The summed E-state index contributed by atoms with van der Waals surface area (Å²) in [5.41, 5.74) is 2.30. The maximum absolute atomic E-state index is 13.7. The molecule has 0 fully saturated rings. The van der Waals surface area contributed by atoms with E-state index in [1.165, 1.54) is 12.1 Å². The number of aliphatic hydroxyl groups excluding tert-OH is 1. The minimum atomic E-state index is -3.37. The number of carbonyl (C=O) groups excluding carboxylic acids is 1. The molecule has 0 saturated carbocycles. The first-order valence-electron chi connectivity index (χ1n) is 11.2. The van der Waals surface area contributed by atoms with Gasteiger partial charge in [-0.25, -0.2) is 4.39 Å². The number of aromatic nitrogens is 1. The van der Waals surface area contributed by atoms with Gasteiger partial charge in [0.1, 0.15) is 5.82 Å². The van der Waals surface area contributed by atoms with E-state index in [0.29, 0.717) is 28.1 Å². The van der Waals surface area contributed by atoms with Crippen molar-refractivity contribution in [3.63, 3.8) is 0 Å². The highest BCUT2D eigenvalue weighted by Gasteiger charge is 2.34. The SMILES string of the molecule is CCOC(=O)CC(O)C(c1c(-c2ccc(F)cc2)cc(-c2ccccc2)nc1C(C)C)[PH](=O)O. The van der Waals surface area contributed by atoms with Crippen LogP contribution in [-0.4, -0.2) is 33.7 Å². The van der Waals surface area contributed by atoms with Crippen LogP contribution < -0.4 is 0 Å². The number of pyridine rings is 1. The molecule has 1 aromatic heterocycles. The van der Waals surface area contributed by atoms with Crippen molar-refractivity contribution in [3.8, 4) is 22.4 Å². The Morgan fingerprint density at radius 2 is 1.74 bits per heavy atom. The third kappa shape index (κ3) is 5.98. The number of nitrogens with zero attached hydrogens (tertiary/aromatic N) is 1. The highest BCUT2D eigenvalue weighted by Crippen LogP contribution is 2.48. The molecule has 0 aliphatic carbocycles. The van der Waals surface area contributed by atoms with Crippen LogP contribution in [0.5, 0.6) is 0 Å². The van der Waals surface area contributed by atoms with E-state index in [-0.39, 0.29) is 12.5 Å². The molecule has 0 aliphatic rings. The van der Waals surface area contributed by atoms with Gasteiger partial charge in [0.05, 0.1) is 30.5 Å². The molecule has 8 heteroatoms. The summed E-state index contributed by atoms with van der Waals surface area (Å²) in [6.45, 7) is 5.58. The van der Waals surface area contributed by atoms with Crippen molar-refractivity contribution < 1.29 is 28.5 Å². The molecule has 0 amide bonds. The Bertz CT molecular complexity index is 1150. The maximum atomic E-state index is 13.7. The number of hydrogen-bond acceptors (Lipinski definition) is 5. The summed E-state index contributed by atoms with van der Waals surface area (Å²) in [4.78, 5) is 27.2. The van der Waals surface area contributed by atoms with Gasteiger partial charge in [0.25, 0.3) is 0 Å². The molecule has 34 heavy (non-hydrogen) atoms. The van der Waals surface area contributed by atoms with Crippen molar-refractivity contribution in [3.05, 3.63) is 77.7 Å². The van der Waals surface area contributed by atoms with E-state index in [2.05, 4.69) is 0 Å². The van der Waals surface area contributed by atoms with Crippen molar-refractivity contribution in [1.29, 1.82) is 0 Å². The predicted octanol–water partition coefficient (Wildman–Crippen LogP) is 5.50. The Hall–Kier alpha value is -2.86. The average Bonchev–Trinajstić information content (AvgIpc) is 2.80. The predicted molar refractivity (Wildman–Crippen MR) is 130 cm³/mol. The van der Waals surface area contributed by atoms with E-state index >= 15 is 0 Å². The monoisotopic (exact) mass is 485 g/mol. The first-order valence-corrected chi connectivity index (χ1v) is 12.6. The van der Waals surface area contributed by atoms with Gasteiger partial charge < -0.3 is 14.7 Å². The zero-order valence-corrected chi connectivity index (χ0v) is 20.4. The van der Waals surface area contributed by atoms with Gasteiger partial charge in [-0.05, 0) is 47.7 Å². The van der Waals surface area contributed by atoms with Gasteiger partial charge in [-0.15, -0.1) is 0 Å². The number of aliphatic hydroxyl groups is 1. The number of rotatable bonds is 9. The number of halogens is 1. The van der Waals surface area contributed by atoms with Crippen molar-refractivity contribution in [1.82, 2.24) is 4.98 Å². The quantitative estimate of drug-likeness (QED) is 0.307. The zero-order chi connectivity index (χ0) is 24.8. The molecule has 1 heterocycles. The third-order valence-corrected chi connectivity index (χ3v) is 6.71. The molecule has 6 nitrogen and oxygen atoms in total. The van der Waals surface area contributed by atoms with Crippen molar-refractivity contribution in [2.75, 3.05) is 6.61 Å². The largest absolute Gasteiger partial charge is 0.466 e. The summed E-state index contributed by atoms with van der Waals surface area (Å²) < 4.78 is 31.3. The zero-order valence-electron chi connectivity index (χ0n) is 19.4. The number of carbonyl (C=O) groups is 1. The van der Waals surface area contributed by atoms with Gasteiger partial charge in [-0.1, -0.05) is 56.3 Å². The lowest BCUT2D eigenvalue weighted by atomic mass is 9.88. The van der Waals surface area contributed by atoms with Gasteiger partial charge in [-0.2, -0.15) is 0 Å². The topological polar surface area (TPSA) is 96.7 Å². The minimum Gasteiger partial charge on any atom is -0.466 e. The standard InChI is InChI=1S/C26H29FNO5P/c1-4-33-23(30)15-22(29)26(34(31)32)24-20(17-10-12-19(27)13-11-17)14-21(28-25(24)16(2)3)18-8-6-5-7-9-18/h5-14,16,22,26,29,34H,4,15H2,1-3H3,(H,31,32). The first-order chi connectivity index (χ1) is 16.2. The van der Waals surface area contributed by atoms with E-state index in [9.17, 15) is 23.7 Å². The minimum absolute atomic E-state index is 0.135. The molecular weight excluding hydrogens is 456 g/mol. The molecule has 0 spiro atoms. The fourth-order valence-corrected chi connectivity index (χ4v) is 4.95. The Kier molecular flexibility index (Phi) is 8.72. The summed E-state index contributed by atoms with van der Waals surface area (Å²) in [5, 5.41) is 10.9. The molecule has 2 N–H and O–H groups in total. The van der Waals surface area contributed by atoms with Crippen LogP contribution in [0.2, 0.25) is 0 Å². The van der Waals surface area contributed by atoms with Crippen LogP contribution in [0.4, 0.5) is 4.39 Å². The fraction of sp³-hybridized carbons (Fsp3) is 0.308. The molecule has 0 aliphatic heterocycles. The smallest absolute Gasteiger partial charge is 0.308 e.